The topological polar surface area (TPSA) is 0 Å². The predicted molar refractivity (Wildman–Crippen MR) is 71.1 cm³/mol. The van der Waals surface area contributed by atoms with Gasteiger partial charge in [0.2, 0.25) is 0 Å². The lowest BCUT2D eigenvalue weighted by Crippen LogP contribution is -2.26. The van der Waals surface area contributed by atoms with Gasteiger partial charge in [0.15, 0.2) is 0 Å². The summed E-state index contributed by atoms with van der Waals surface area (Å²) in [6.45, 7) is 16.7. The van der Waals surface area contributed by atoms with Crippen molar-refractivity contribution in [2.24, 2.45) is 23.2 Å². The Hall–Kier alpha value is 0. The molecule has 0 fully saturated rings. The largest absolute Gasteiger partial charge is 0.0649 e. The molecule has 0 aliphatic rings. The van der Waals surface area contributed by atoms with Crippen LogP contribution < -0.4 is 0 Å². The fraction of sp³-hybridized carbons (Fsp3) is 1.00. The van der Waals surface area contributed by atoms with Gasteiger partial charge in [-0.1, -0.05) is 61.3 Å². The van der Waals surface area contributed by atoms with Crippen LogP contribution >= 0.6 is 0 Å². The van der Waals surface area contributed by atoms with Gasteiger partial charge in [-0.15, -0.1) is 0 Å². The van der Waals surface area contributed by atoms with Crippen LogP contribution in [-0.4, -0.2) is 0 Å². The van der Waals surface area contributed by atoms with E-state index in [-0.39, 0.29) is 0 Å². The van der Waals surface area contributed by atoms with Crippen molar-refractivity contribution in [3.05, 3.63) is 0 Å². The fourth-order valence-corrected chi connectivity index (χ4v) is 2.56. The minimum absolute atomic E-state index is 0.559. The first-order chi connectivity index (χ1) is 6.81. The molecule has 0 nitrogen and oxygen atoms in total. The summed E-state index contributed by atoms with van der Waals surface area (Å²) in [5.74, 6) is 2.55. The van der Waals surface area contributed by atoms with Crippen molar-refractivity contribution in [2.45, 2.75) is 74.1 Å². The van der Waals surface area contributed by atoms with Gasteiger partial charge >= 0.3 is 0 Å². The van der Waals surface area contributed by atoms with E-state index in [0.29, 0.717) is 5.41 Å². The van der Waals surface area contributed by atoms with Gasteiger partial charge in [-0.25, -0.2) is 0 Å². The van der Waals surface area contributed by atoms with Crippen LogP contribution in [0.5, 0.6) is 0 Å². The zero-order valence-corrected chi connectivity index (χ0v) is 12.1. The molecule has 92 valence electrons. The summed E-state index contributed by atoms with van der Waals surface area (Å²) in [6, 6.07) is 0. The van der Waals surface area contributed by atoms with Gasteiger partial charge < -0.3 is 0 Å². The van der Waals surface area contributed by atoms with Crippen molar-refractivity contribution in [3.63, 3.8) is 0 Å². The Bertz CT molecular complexity index is 157. The molecule has 0 spiro atoms. The third-order valence-electron chi connectivity index (χ3n) is 4.05. The van der Waals surface area contributed by atoms with Gasteiger partial charge in [-0.05, 0) is 36.0 Å². The number of rotatable bonds is 7. The van der Waals surface area contributed by atoms with Crippen LogP contribution in [0.4, 0.5) is 0 Å². The summed E-state index contributed by atoms with van der Waals surface area (Å²) >= 11 is 0. The third kappa shape index (κ3) is 5.58. The van der Waals surface area contributed by atoms with Crippen LogP contribution in [0.25, 0.3) is 0 Å². The quantitative estimate of drug-likeness (QED) is 0.521. The monoisotopic (exact) mass is 212 g/mol. The Morgan fingerprint density at radius 2 is 1.40 bits per heavy atom. The molecule has 0 heteroatoms. The van der Waals surface area contributed by atoms with E-state index in [1.165, 1.54) is 25.7 Å². The summed E-state index contributed by atoms with van der Waals surface area (Å²) in [5.41, 5.74) is 0.559. The smallest absolute Gasteiger partial charge is 0.0300 e. The first-order valence-electron chi connectivity index (χ1n) is 6.81. The van der Waals surface area contributed by atoms with E-state index in [1.807, 2.05) is 0 Å². The molecule has 0 aliphatic carbocycles. The Kier molecular flexibility index (Phi) is 6.55. The Morgan fingerprint density at radius 3 is 1.73 bits per heavy atom. The lowest BCUT2D eigenvalue weighted by molar-refractivity contribution is 0.138. The summed E-state index contributed by atoms with van der Waals surface area (Å²) < 4.78 is 0. The van der Waals surface area contributed by atoms with Crippen LogP contribution in [0, 0.1) is 23.2 Å². The van der Waals surface area contributed by atoms with Gasteiger partial charge in [0, 0.05) is 0 Å². The van der Waals surface area contributed by atoms with Crippen molar-refractivity contribution in [1.29, 1.82) is 0 Å². The molecule has 0 saturated heterocycles. The highest BCUT2D eigenvalue weighted by molar-refractivity contribution is 4.80. The lowest BCUT2D eigenvalue weighted by Gasteiger charge is -2.37. The molecule has 15 heavy (non-hydrogen) atoms. The van der Waals surface area contributed by atoms with Crippen LogP contribution in [0.3, 0.4) is 0 Å². The molecule has 2 atom stereocenters. The van der Waals surface area contributed by atoms with Gasteiger partial charge in [-0.2, -0.15) is 0 Å². The average molecular weight is 212 g/mol. The van der Waals surface area contributed by atoms with Crippen molar-refractivity contribution in [1.82, 2.24) is 0 Å². The zero-order chi connectivity index (χ0) is 12.1. The van der Waals surface area contributed by atoms with E-state index in [2.05, 4.69) is 48.5 Å². The normalized spacial score (nSPS) is 18.2. The molecular weight excluding hydrogens is 180 g/mol. The minimum Gasteiger partial charge on any atom is -0.0649 e. The van der Waals surface area contributed by atoms with E-state index < -0.39 is 0 Å². The van der Waals surface area contributed by atoms with Crippen molar-refractivity contribution < 1.29 is 0 Å². The molecule has 0 saturated carbocycles. The van der Waals surface area contributed by atoms with E-state index in [4.69, 9.17) is 0 Å². The van der Waals surface area contributed by atoms with Crippen molar-refractivity contribution in [2.75, 3.05) is 0 Å². The Labute approximate surface area is 97.8 Å². The molecule has 0 heterocycles. The maximum atomic E-state index is 2.48. The summed E-state index contributed by atoms with van der Waals surface area (Å²) in [7, 11) is 0. The highest BCUT2D eigenvalue weighted by Crippen LogP contribution is 2.40. The molecule has 0 bridgehead atoms. The van der Waals surface area contributed by atoms with Crippen LogP contribution in [-0.2, 0) is 0 Å². The molecule has 0 radical (unpaired) electrons. The van der Waals surface area contributed by atoms with E-state index in [0.717, 1.165) is 17.8 Å². The zero-order valence-electron chi connectivity index (χ0n) is 12.1. The predicted octanol–water partition coefficient (Wildman–Crippen LogP) is 5.52. The second-order valence-corrected chi connectivity index (χ2v) is 6.48. The highest BCUT2D eigenvalue weighted by Gasteiger charge is 2.29. The van der Waals surface area contributed by atoms with E-state index in [9.17, 15) is 0 Å². The summed E-state index contributed by atoms with van der Waals surface area (Å²) in [4.78, 5) is 0. The van der Waals surface area contributed by atoms with E-state index in [1.54, 1.807) is 0 Å². The van der Waals surface area contributed by atoms with Crippen molar-refractivity contribution in [3.8, 4) is 0 Å². The van der Waals surface area contributed by atoms with Gasteiger partial charge in [0.1, 0.15) is 0 Å². The van der Waals surface area contributed by atoms with Gasteiger partial charge in [0.25, 0.3) is 0 Å². The van der Waals surface area contributed by atoms with Crippen LogP contribution in [0.1, 0.15) is 74.1 Å². The standard InChI is InChI=1S/C15H32/c1-8-15(7,11-13(4)5)14(6)10-9-12(2)3/h12-14H,8-11H2,1-7H3. The second-order valence-electron chi connectivity index (χ2n) is 6.48. The summed E-state index contributed by atoms with van der Waals surface area (Å²) in [6.07, 6.45) is 5.48. The molecule has 0 N–H and O–H groups in total. The summed E-state index contributed by atoms with van der Waals surface area (Å²) in [5, 5.41) is 0. The maximum Gasteiger partial charge on any atom is -0.0300 e. The molecular formula is C15H32. The lowest BCUT2D eigenvalue weighted by atomic mass is 9.69. The first kappa shape index (κ1) is 15.0. The molecule has 0 aromatic heterocycles. The van der Waals surface area contributed by atoms with Gasteiger partial charge in [-0.3, -0.25) is 0 Å². The maximum absolute atomic E-state index is 2.48. The van der Waals surface area contributed by atoms with Crippen LogP contribution in [0.2, 0.25) is 0 Å². The molecule has 0 aromatic carbocycles. The molecule has 0 amide bonds. The average Bonchev–Trinajstić information content (AvgIpc) is 2.12. The number of hydrogen-bond acceptors (Lipinski definition) is 0. The highest BCUT2D eigenvalue weighted by atomic mass is 14.3. The SMILES string of the molecule is CCC(C)(CC(C)C)C(C)CCC(C)C. The Balaban J connectivity index is 4.24. The molecule has 2 unspecified atom stereocenters. The van der Waals surface area contributed by atoms with Crippen LogP contribution in [0.15, 0.2) is 0 Å². The minimum atomic E-state index is 0.559. The third-order valence-corrected chi connectivity index (χ3v) is 4.05. The first-order valence-corrected chi connectivity index (χ1v) is 6.81. The molecule has 0 aliphatic heterocycles. The van der Waals surface area contributed by atoms with Gasteiger partial charge in [0.05, 0.1) is 0 Å². The molecule has 0 aromatic rings. The second kappa shape index (κ2) is 6.55. The van der Waals surface area contributed by atoms with Crippen molar-refractivity contribution >= 4 is 0 Å². The molecule has 0 rings (SSSR count). The Morgan fingerprint density at radius 1 is 0.867 bits per heavy atom. The number of hydrogen-bond donors (Lipinski definition) is 0. The fourth-order valence-electron chi connectivity index (χ4n) is 2.56. The van der Waals surface area contributed by atoms with E-state index >= 15 is 0 Å².